The highest BCUT2D eigenvalue weighted by molar-refractivity contribution is 5.84. The van der Waals surface area contributed by atoms with Crippen molar-refractivity contribution in [2.45, 2.75) is 53.5 Å². The molecule has 134 valence electrons. The van der Waals surface area contributed by atoms with E-state index in [1.165, 1.54) is 0 Å². The van der Waals surface area contributed by atoms with E-state index >= 15 is 0 Å². The highest BCUT2D eigenvalue weighted by atomic mass is 15.1. The Labute approximate surface area is 154 Å². The van der Waals surface area contributed by atoms with E-state index < -0.39 is 0 Å². The predicted molar refractivity (Wildman–Crippen MR) is 104 cm³/mol. The van der Waals surface area contributed by atoms with Crippen molar-refractivity contribution in [1.29, 1.82) is 0 Å². The molecule has 1 aliphatic carbocycles. The lowest BCUT2D eigenvalue weighted by molar-refractivity contribution is 0.595. The maximum absolute atomic E-state index is 4.95. The van der Waals surface area contributed by atoms with Gasteiger partial charge < -0.3 is 4.57 Å². The molecule has 0 spiro atoms. The third-order valence-electron chi connectivity index (χ3n) is 4.80. The largest absolute Gasteiger partial charge is 0.310 e. The van der Waals surface area contributed by atoms with Crippen LogP contribution in [0.3, 0.4) is 0 Å². The first kappa shape index (κ1) is 16.9. The van der Waals surface area contributed by atoms with Crippen molar-refractivity contribution < 1.29 is 0 Å². The summed E-state index contributed by atoms with van der Waals surface area (Å²) < 4.78 is 2.19. The molecule has 5 heteroatoms. The fraction of sp³-hybridized carbons (Fsp3) is 0.429. The Kier molecular flexibility index (Phi) is 4.10. The monoisotopic (exact) mass is 347 g/mol. The lowest BCUT2D eigenvalue weighted by atomic mass is 10.1. The van der Waals surface area contributed by atoms with Gasteiger partial charge in [0.05, 0.1) is 11.4 Å². The molecule has 4 rings (SSSR count). The summed E-state index contributed by atoms with van der Waals surface area (Å²) in [6.07, 6.45) is 5.95. The molecule has 5 nitrogen and oxygen atoms in total. The maximum Gasteiger partial charge on any atom is 0.160 e. The van der Waals surface area contributed by atoms with Gasteiger partial charge in [0.1, 0.15) is 17.2 Å². The molecule has 0 aromatic carbocycles. The fourth-order valence-corrected chi connectivity index (χ4v) is 3.71. The van der Waals surface area contributed by atoms with E-state index in [9.17, 15) is 0 Å². The average Bonchev–Trinajstić information content (AvgIpc) is 3.12. The molecule has 0 fully saturated rings. The quantitative estimate of drug-likeness (QED) is 0.706. The predicted octanol–water partition coefficient (Wildman–Crippen LogP) is 4.30. The fourth-order valence-electron chi connectivity index (χ4n) is 3.71. The maximum atomic E-state index is 4.95. The van der Waals surface area contributed by atoms with Gasteiger partial charge in [-0.25, -0.2) is 19.9 Å². The second-order valence-corrected chi connectivity index (χ2v) is 7.73. The van der Waals surface area contributed by atoms with Gasteiger partial charge in [-0.15, -0.1) is 0 Å². The van der Waals surface area contributed by atoms with Gasteiger partial charge in [-0.3, -0.25) is 0 Å². The minimum atomic E-state index is 0.328. The minimum Gasteiger partial charge on any atom is -0.310 e. The van der Waals surface area contributed by atoms with Crippen LogP contribution in [0.4, 0.5) is 0 Å². The van der Waals surface area contributed by atoms with E-state index in [2.05, 4.69) is 60.4 Å². The van der Waals surface area contributed by atoms with Crippen LogP contribution in [0.2, 0.25) is 0 Å². The molecule has 0 saturated heterocycles. The Bertz CT molecular complexity index is 1010. The van der Waals surface area contributed by atoms with Crippen LogP contribution in [-0.4, -0.2) is 24.5 Å². The second kappa shape index (κ2) is 6.31. The molecule has 1 aliphatic rings. The van der Waals surface area contributed by atoms with Crippen LogP contribution in [0.5, 0.6) is 0 Å². The zero-order valence-corrected chi connectivity index (χ0v) is 16.1. The molecule has 26 heavy (non-hydrogen) atoms. The number of rotatable bonds is 4. The summed E-state index contributed by atoms with van der Waals surface area (Å²) in [5.41, 5.74) is 6.21. The first-order valence-electron chi connectivity index (χ1n) is 9.35. The van der Waals surface area contributed by atoms with E-state index in [4.69, 9.17) is 9.97 Å². The molecule has 0 radical (unpaired) electrons. The highest BCUT2D eigenvalue weighted by Crippen LogP contribution is 2.32. The van der Waals surface area contributed by atoms with Gasteiger partial charge in [0.15, 0.2) is 5.65 Å². The lowest BCUT2D eigenvalue weighted by Gasteiger charge is -2.11. The van der Waals surface area contributed by atoms with Gasteiger partial charge in [-0.2, -0.15) is 0 Å². The van der Waals surface area contributed by atoms with Crippen LogP contribution in [0.15, 0.2) is 24.4 Å². The number of aryl methyl sites for hydroxylation is 1. The van der Waals surface area contributed by atoms with Crippen molar-refractivity contribution in [3.63, 3.8) is 0 Å². The zero-order valence-electron chi connectivity index (χ0n) is 16.1. The number of hydrogen-bond acceptors (Lipinski definition) is 4. The molecule has 0 aliphatic heterocycles. The second-order valence-electron chi connectivity index (χ2n) is 7.73. The molecule has 0 unspecified atom stereocenters. The van der Waals surface area contributed by atoms with Crippen LogP contribution >= 0.6 is 0 Å². The van der Waals surface area contributed by atoms with E-state index in [0.717, 1.165) is 58.2 Å². The van der Waals surface area contributed by atoms with Gasteiger partial charge in [-0.05, 0) is 38.8 Å². The average molecular weight is 347 g/mol. The highest BCUT2D eigenvalue weighted by Gasteiger charge is 2.21. The summed E-state index contributed by atoms with van der Waals surface area (Å²) in [6, 6.07) is 4.45. The van der Waals surface area contributed by atoms with Crippen molar-refractivity contribution in [3.8, 4) is 0 Å². The van der Waals surface area contributed by atoms with Gasteiger partial charge >= 0.3 is 0 Å². The minimum absolute atomic E-state index is 0.328. The van der Waals surface area contributed by atoms with Gasteiger partial charge in [0, 0.05) is 36.2 Å². The topological polar surface area (TPSA) is 56.5 Å². The van der Waals surface area contributed by atoms with Crippen molar-refractivity contribution >= 4 is 16.7 Å². The number of aromatic nitrogens is 5. The van der Waals surface area contributed by atoms with Crippen molar-refractivity contribution in [2.75, 3.05) is 0 Å². The standard InChI is InChI=1S/C21H25N5/c1-12(2)10-20-22-11-16-15(6-7-18(16)24-20)17-8-9-19-21(25-17)26(13(3)4)14(5)23-19/h6,8-9,11-13H,7,10H2,1-5H3. The number of pyridine rings is 1. The third kappa shape index (κ3) is 2.81. The van der Waals surface area contributed by atoms with Crippen LogP contribution < -0.4 is 0 Å². The molecule has 3 aromatic rings. The van der Waals surface area contributed by atoms with E-state index in [-0.39, 0.29) is 0 Å². The van der Waals surface area contributed by atoms with Crippen LogP contribution in [0.1, 0.15) is 62.3 Å². The Morgan fingerprint density at radius 1 is 1.08 bits per heavy atom. The van der Waals surface area contributed by atoms with E-state index in [1.807, 2.05) is 13.1 Å². The summed E-state index contributed by atoms with van der Waals surface area (Å²) in [5, 5.41) is 0. The van der Waals surface area contributed by atoms with Crippen LogP contribution in [-0.2, 0) is 12.8 Å². The molecule has 3 heterocycles. The smallest absolute Gasteiger partial charge is 0.160 e. The van der Waals surface area contributed by atoms with E-state index in [0.29, 0.717) is 12.0 Å². The Hall–Kier alpha value is -2.56. The summed E-state index contributed by atoms with van der Waals surface area (Å²) in [7, 11) is 0. The number of fused-ring (bicyclic) bond motifs is 2. The van der Waals surface area contributed by atoms with Crippen molar-refractivity contribution in [3.05, 3.63) is 53.0 Å². The number of hydrogen-bond donors (Lipinski definition) is 0. The molecule has 0 saturated carbocycles. The summed E-state index contributed by atoms with van der Waals surface area (Å²) in [4.78, 5) is 18.9. The van der Waals surface area contributed by atoms with Gasteiger partial charge in [-0.1, -0.05) is 19.9 Å². The summed E-state index contributed by atoms with van der Waals surface area (Å²) >= 11 is 0. The molecule has 0 amide bonds. The Morgan fingerprint density at radius 2 is 1.88 bits per heavy atom. The van der Waals surface area contributed by atoms with Crippen LogP contribution in [0, 0.1) is 12.8 Å². The third-order valence-corrected chi connectivity index (χ3v) is 4.80. The first-order chi connectivity index (χ1) is 12.4. The van der Waals surface area contributed by atoms with Gasteiger partial charge in [0.2, 0.25) is 0 Å². The zero-order chi connectivity index (χ0) is 18.4. The van der Waals surface area contributed by atoms with E-state index in [1.54, 1.807) is 0 Å². The molecule has 0 bridgehead atoms. The summed E-state index contributed by atoms with van der Waals surface area (Å²) in [6.45, 7) is 10.8. The molecule has 3 aromatic heterocycles. The molecule has 0 N–H and O–H groups in total. The van der Waals surface area contributed by atoms with Gasteiger partial charge in [0.25, 0.3) is 0 Å². The molecule has 0 atom stereocenters. The Morgan fingerprint density at radius 3 is 2.62 bits per heavy atom. The lowest BCUT2D eigenvalue weighted by Crippen LogP contribution is -2.05. The molecular weight excluding hydrogens is 322 g/mol. The molecular formula is C21H25N5. The number of nitrogens with zero attached hydrogens (tertiary/aromatic N) is 5. The van der Waals surface area contributed by atoms with Crippen molar-refractivity contribution in [1.82, 2.24) is 24.5 Å². The summed E-state index contributed by atoms with van der Waals surface area (Å²) in [5.74, 6) is 2.50. The normalized spacial score (nSPS) is 13.7. The SMILES string of the molecule is Cc1nc2ccc(C3=CCc4nc(CC(C)C)ncc43)nc2n1C(C)C. The van der Waals surface area contributed by atoms with Crippen LogP contribution in [0.25, 0.3) is 16.7 Å². The Balaban J connectivity index is 1.75. The van der Waals surface area contributed by atoms with Crippen molar-refractivity contribution in [2.24, 2.45) is 5.92 Å². The number of imidazole rings is 1. The first-order valence-corrected chi connectivity index (χ1v) is 9.35. The number of allylic oxidation sites excluding steroid dienone is 1.